The largest absolute Gasteiger partial charge is 0.286 e. The van der Waals surface area contributed by atoms with Gasteiger partial charge in [0, 0.05) is 12.6 Å². The Kier molecular flexibility index (Phi) is 5.56. The van der Waals surface area contributed by atoms with Gasteiger partial charge in [0.25, 0.3) is 5.69 Å². The zero-order chi connectivity index (χ0) is 13.5. The van der Waals surface area contributed by atoms with E-state index in [2.05, 4.69) is 6.07 Å². The normalized spacial score (nSPS) is 10.3. The number of nitriles is 1. The van der Waals surface area contributed by atoms with E-state index in [1.54, 1.807) is 12.1 Å². The van der Waals surface area contributed by atoms with Crippen molar-refractivity contribution in [1.82, 2.24) is 4.90 Å². The summed E-state index contributed by atoms with van der Waals surface area (Å²) in [5, 5.41) is 20.0. The summed E-state index contributed by atoms with van der Waals surface area (Å²) in [5.41, 5.74) is 0.467. The first-order valence-corrected chi connectivity index (χ1v) is 5.99. The minimum Gasteiger partial charge on any atom is -0.286 e. The third kappa shape index (κ3) is 3.69. The Labute approximate surface area is 111 Å². The molecule has 96 valence electrons. The van der Waals surface area contributed by atoms with Crippen LogP contribution in [-0.2, 0) is 6.54 Å². The third-order valence-electron chi connectivity index (χ3n) is 2.51. The van der Waals surface area contributed by atoms with Gasteiger partial charge in [0.05, 0.1) is 28.1 Å². The van der Waals surface area contributed by atoms with E-state index in [4.69, 9.17) is 16.9 Å². The minimum absolute atomic E-state index is 0.00143. The summed E-state index contributed by atoms with van der Waals surface area (Å²) < 4.78 is 0. The smallest absolute Gasteiger partial charge is 0.275 e. The predicted octanol–water partition coefficient (Wildman–Crippen LogP) is 2.98. The molecule has 0 aromatic heterocycles. The van der Waals surface area contributed by atoms with Crippen molar-refractivity contribution in [3.05, 3.63) is 38.9 Å². The highest BCUT2D eigenvalue weighted by atomic mass is 35.5. The first kappa shape index (κ1) is 14.4. The molecule has 0 fully saturated rings. The molecule has 1 aromatic carbocycles. The maximum Gasteiger partial charge on any atom is 0.275 e. The highest BCUT2D eigenvalue weighted by Gasteiger charge is 2.18. The van der Waals surface area contributed by atoms with Crippen LogP contribution in [0.5, 0.6) is 0 Å². The lowest BCUT2D eigenvalue weighted by Gasteiger charge is -2.18. The van der Waals surface area contributed by atoms with Crippen LogP contribution in [0.25, 0.3) is 0 Å². The average Bonchev–Trinajstić information content (AvgIpc) is 2.32. The second-order valence-corrected chi connectivity index (χ2v) is 4.27. The quantitative estimate of drug-likeness (QED) is 0.451. The van der Waals surface area contributed by atoms with Gasteiger partial charge in [0.15, 0.2) is 0 Å². The summed E-state index contributed by atoms with van der Waals surface area (Å²) in [4.78, 5) is 12.3. The molecule has 6 heteroatoms. The summed E-state index contributed by atoms with van der Waals surface area (Å²) in [6, 6.07) is 6.66. The maximum absolute atomic E-state index is 10.9. The van der Waals surface area contributed by atoms with Crippen molar-refractivity contribution in [1.29, 1.82) is 5.26 Å². The van der Waals surface area contributed by atoms with Crippen LogP contribution in [0.1, 0.15) is 18.9 Å². The molecule has 0 N–H and O–H groups in total. The van der Waals surface area contributed by atoms with Gasteiger partial charge >= 0.3 is 0 Å². The van der Waals surface area contributed by atoms with Crippen LogP contribution >= 0.6 is 11.6 Å². The number of hydrogen-bond acceptors (Lipinski definition) is 4. The molecule has 0 aliphatic heterocycles. The summed E-state index contributed by atoms with van der Waals surface area (Å²) in [7, 11) is 0. The van der Waals surface area contributed by atoms with Gasteiger partial charge in [-0.1, -0.05) is 24.6 Å². The van der Waals surface area contributed by atoms with Gasteiger partial charge in [-0.25, -0.2) is 0 Å². The van der Waals surface area contributed by atoms with E-state index < -0.39 is 4.92 Å². The molecule has 0 radical (unpaired) electrons. The molecule has 0 saturated carbocycles. The van der Waals surface area contributed by atoms with E-state index >= 15 is 0 Å². The van der Waals surface area contributed by atoms with Crippen molar-refractivity contribution in [3.8, 4) is 6.07 Å². The number of rotatable bonds is 6. The molecule has 5 nitrogen and oxygen atoms in total. The molecule has 0 aliphatic carbocycles. The molecule has 0 spiro atoms. The van der Waals surface area contributed by atoms with E-state index in [9.17, 15) is 10.1 Å². The Morgan fingerprint density at radius 2 is 2.28 bits per heavy atom. The summed E-state index contributed by atoms with van der Waals surface area (Å²) in [6.45, 7) is 3.24. The number of nitro benzene ring substituents is 1. The van der Waals surface area contributed by atoms with Crippen molar-refractivity contribution in [2.45, 2.75) is 19.9 Å². The topological polar surface area (TPSA) is 70.2 Å². The number of nitro groups is 1. The molecule has 0 amide bonds. The molecule has 0 unspecified atom stereocenters. The molecule has 1 rings (SSSR count). The molecular formula is C12H14ClN3O2. The second kappa shape index (κ2) is 6.94. The fraction of sp³-hybridized carbons (Fsp3) is 0.417. The predicted molar refractivity (Wildman–Crippen MR) is 69.3 cm³/mol. The van der Waals surface area contributed by atoms with Crippen LogP contribution < -0.4 is 0 Å². The van der Waals surface area contributed by atoms with E-state index in [0.29, 0.717) is 23.7 Å². The third-order valence-corrected chi connectivity index (χ3v) is 2.86. The first-order chi connectivity index (χ1) is 8.60. The standard InChI is InChI=1S/C12H14ClN3O2/c1-2-7-15(8-6-14)9-10-11(13)4-3-5-12(10)16(17)18/h3-5H,2,7-9H2,1H3. The van der Waals surface area contributed by atoms with Gasteiger partial charge in [0.1, 0.15) is 0 Å². The molecule has 18 heavy (non-hydrogen) atoms. The Morgan fingerprint density at radius 3 is 2.83 bits per heavy atom. The van der Waals surface area contributed by atoms with Crippen molar-refractivity contribution in [2.75, 3.05) is 13.1 Å². The number of halogens is 1. The van der Waals surface area contributed by atoms with E-state index in [1.807, 2.05) is 11.8 Å². The van der Waals surface area contributed by atoms with E-state index in [-0.39, 0.29) is 12.2 Å². The fourth-order valence-corrected chi connectivity index (χ4v) is 1.96. The molecule has 0 heterocycles. The van der Waals surface area contributed by atoms with Crippen molar-refractivity contribution >= 4 is 17.3 Å². The Balaban J connectivity index is 3.01. The lowest BCUT2D eigenvalue weighted by atomic mass is 10.1. The summed E-state index contributed by atoms with van der Waals surface area (Å²) in [5.74, 6) is 0. The van der Waals surface area contributed by atoms with Crippen LogP contribution in [0.4, 0.5) is 5.69 Å². The fourth-order valence-electron chi connectivity index (χ4n) is 1.73. The summed E-state index contributed by atoms with van der Waals surface area (Å²) in [6.07, 6.45) is 0.875. The number of hydrogen-bond donors (Lipinski definition) is 0. The minimum atomic E-state index is -0.447. The highest BCUT2D eigenvalue weighted by Crippen LogP contribution is 2.27. The molecule has 0 bridgehead atoms. The van der Waals surface area contributed by atoms with Gasteiger partial charge in [-0.3, -0.25) is 15.0 Å². The van der Waals surface area contributed by atoms with Crippen LogP contribution in [0.15, 0.2) is 18.2 Å². The molecule has 0 aliphatic rings. The zero-order valence-corrected chi connectivity index (χ0v) is 10.9. The summed E-state index contributed by atoms with van der Waals surface area (Å²) >= 11 is 6.00. The lowest BCUT2D eigenvalue weighted by molar-refractivity contribution is -0.385. The maximum atomic E-state index is 10.9. The SMILES string of the molecule is CCCN(CC#N)Cc1c(Cl)cccc1[N+](=O)[O-]. The number of benzene rings is 1. The van der Waals surface area contributed by atoms with E-state index in [1.165, 1.54) is 6.07 Å². The van der Waals surface area contributed by atoms with Crippen LogP contribution in [0.3, 0.4) is 0 Å². The second-order valence-electron chi connectivity index (χ2n) is 3.86. The number of nitrogens with zero attached hydrogens (tertiary/aromatic N) is 3. The molecule has 0 saturated heterocycles. The zero-order valence-electron chi connectivity index (χ0n) is 10.1. The van der Waals surface area contributed by atoms with Gasteiger partial charge in [0.2, 0.25) is 0 Å². The molecular weight excluding hydrogens is 254 g/mol. The van der Waals surface area contributed by atoms with Crippen LogP contribution in [0, 0.1) is 21.4 Å². The van der Waals surface area contributed by atoms with Gasteiger partial charge in [-0.15, -0.1) is 0 Å². The Hall–Kier alpha value is -1.64. The van der Waals surface area contributed by atoms with Crippen LogP contribution in [-0.4, -0.2) is 22.9 Å². The monoisotopic (exact) mass is 267 g/mol. The molecule has 0 atom stereocenters. The van der Waals surface area contributed by atoms with Gasteiger partial charge < -0.3 is 0 Å². The average molecular weight is 268 g/mol. The lowest BCUT2D eigenvalue weighted by Crippen LogP contribution is -2.25. The van der Waals surface area contributed by atoms with Crippen molar-refractivity contribution in [2.24, 2.45) is 0 Å². The van der Waals surface area contributed by atoms with Crippen molar-refractivity contribution in [3.63, 3.8) is 0 Å². The Morgan fingerprint density at radius 1 is 1.56 bits per heavy atom. The first-order valence-electron chi connectivity index (χ1n) is 5.61. The Bertz CT molecular complexity index is 471. The van der Waals surface area contributed by atoms with Gasteiger partial charge in [-0.2, -0.15) is 5.26 Å². The van der Waals surface area contributed by atoms with E-state index in [0.717, 1.165) is 6.42 Å². The van der Waals surface area contributed by atoms with Crippen LogP contribution in [0.2, 0.25) is 5.02 Å². The highest BCUT2D eigenvalue weighted by molar-refractivity contribution is 6.31. The van der Waals surface area contributed by atoms with Gasteiger partial charge in [-0.05, 0) is 19.0 Å². The molecule has 1 aromatic rings. The van der Waals surface area contributed by atoms with Crippen molar-refractivity contribution < 1.29 is 4.92 Å².